The highest BCUT2D eigenvalue weighted by molar-refractivity contribution is 5.98. The highest BCUT2D eigenvalue weighted by atomic mass is 16.4. The highest BCUT2D eigenvalue weighted by Gasteiger charge is 2.40. The quantitative estimate of drug-likeness (QED) is 0.778. The summed E-state index contributed by atoms with van der Waals surface area (Å²) in [6.45, 7) is 5.33. The molecule has 2 rings (SSSR count). The number of hydrogen-bond donors (Lipinski definition) is 3. The van der Waals surface area contributed by atoms with E-state index in [2.05, 4.69) is 17.6 Å². The molecule has 1 fully saturated rings. The summed E-state index contributed by atoms with van der Waals surface area (Å²) < 4.78 is 0. The molecule has 1 unspecified atom stereocenters. The van der Waals surface area contributed by atoms with Crippen molar-refractivity contribution in [3.05, 3.63) is 29.3 Å². The van der Waals surface area contributed by atoms with E-state index in [1.807, 2.05) is 0 Å². The van der Waals surface area contributed by atoms with Crippen molar-refractivity contribution in [2.24, 2.45) is 5.41 Å². The Balaban J connectivity index is 2.23. The number of benzene rings is 1. The smallest absolute Gasteiger partial charge is 0.336 e. The lowest BCUT2D eigenvalue weighted by atomic mass is 9.81. The van der Waals surface area contributed by atoms with E-state index in [9.17, 15) is 9.59 Å². The number of amides is 1. The Morgan fingerprint density at radius 2 is 2.19 bits per heavy atom. The van der Waals surface area contributed by atoms with Crippen LogP contribution in [0.4, 0.5) is 5.69 Å². The lowest BCUT2D eigenvalue weighted by Crippen LogP contribution is -2.38. The van der Waals surface area contributed by atoms with Crippen LogP contribution in [-0.2, 0) is 4.79 Å². The number of hydrogen-bond acceptors (Lipinski definition) is 3. The molecular weight excluding hydrogens is 268 g/mol. The summed E-state index contributed by atoms with van der Waals surface area (Å²) in [4.78, 5) is 23.8. The molecule has 0 radical (unpaired) electrons. The Kier molecular flexibility index (Phi) is 4.63. The van der Waals surface area contributed by atoms with Gasteiger partial charge in [0.1, 0.15) is 0 Å². The summed E-state index contributed by atoms with van der Waals surface area (Å²) in [7, 11) is 0. The largest absolute Gasteiger partial charge is 0.478 e. The zero-order valence-electron chi connectivity index (χ0n) is 12.5. The third-order valence-electron chi connectivity index (χ3n) is 4.27. The van der Waals surface area contributed by atoms with Gasteiger partial charge in [0, 0.05) is 12.2 Å². The average Bonchev–Trinajstić information content (AvgIpc) is 2.91. The van der Waals surface area contributed by atoms with Gasteiger partial charge in [-0.15, -0.1) is 0 Å². The van der Waals surface area contributed by atoms with Crippen LogP contribution in [-0.4, -0.2) is 30.1 Å². The van der Waals surface area contributed by atoms with E-state index >= 15 is 0 Å². The molecule has 1 saturated heterocycles. The summed E-state index contributed by atoms with van der Waals surface area (Å²) in [5.74, 6) is -0.991. The first kappa shape index (κ1) is 15.5. The Morgan fingerprint density at radius 3 is 2.76 bits per heavy atom. The van der Waals surface area contributed by atoms with E-state index in [0.29, 0.717) is 17.8 Å². The number of nitrogens with one attached hydrogen (secondary N) is 2. The molecule has 0 aliphatic carbocycles. The molecule has 3 N–H and O–H groups in total. The summed E-state index contributed by atoms with van der Waals surface area (Å²) in [6, 6.07) is 4.96. The van der Waals surface area contributed by atoms with Gasteiger partial charge < -0.3 is 15.7 Å². The highest BCUT2D eigenvalue weighted by Crippen LogP contribution is 2.33. The fourth-order valence-electron chi connectivity index (χ4n) is 3.00. The van der Waals surface area contributed by atoms with Crippen molar-refractivity contribution in [2.75, 3.05) is 18.4 Å². The van der Waals surface area contributed by atoms with Crippen LogP contribution in [0.3, 0.4) is 0 Å². The van der Waals surface area contributed by atoms with Crippen LogP contribution in [0.5, 0.6) is 0 Å². The zero-order valence-corrected chi connectivity index (χ0v) is 12.5. The van der Waals surface area contributed by atoms with Crippen molar-refractivity contribution >= 4 is 17.6 Å². The Morgan fingerprint density at radius 1 is 1.43 bits per heavy atom. The summed E-state index contributed by atoms with van der Waals surface area (Å²) in [6.07, 6.45) is 2.61. The minimum absolute atomic E-state index is 0.0139. The van der Waals surface area contributed by atoms with Gasteiger partial charge in [-0.2, -0.15) is 0 Å². The van der Waals surface area contributed by atoms with Gasteiger partial charge in [-0.05, 0) is 44.0 Å². The molecule has 21 heavy (non-hydrogen) atoms. The maximum absolute atomic E-state index is 12.7. The molecule has 1 aliphatic heterocycles. The number of carboxylic acids is 1. The van der Waals surface area contributed by atoms with E-state index in [4.69, 9.17) is 5.11 Å². The van der Waals surface area contributed by atoms with Crippen LogP contribution in [0.15, 0.2) is 18.2 Å². The van der Waals surface area contributed by atoms with Crippen molar-refractivity contribution in [2.45, 2.75) is 33.1 Å². The van der Waals surface area contributed by atoms with Crippen LogP contribution >= 0.6 is 0 Å². The lowest BCUT2D eigenvalue weighted by Gasteiger charge is -2.27. The van der Waals surface area contributed by atoms with Gasteiger partial charge in [0.25, 0.3) is 0 Å². The number of aromatic carboxylic acids is 1. The van der Waals surface area contributed by atoms with E-state index in [1.165, 1.54) is 0 Å². The van der Waals surface area contributed by atoms with Crippen molar-refractivity contribution in [3.8, 4) is 0 Å². The van der Waals surface area contributed by atoms with Gasteiger partial charge in [-0.25, -0.2) is 4.79 Å². The Labute approximate surface area is 124 Å². The van der Waals surface area contributed by atoms with Crippen LogP contribution in [0.2, 0.25) is 0 Å². The molecular formula is C16H22N2O3. The summed E-state index contributed by atoms with van der Waals surface area (Å²) in [5, 5.41) is 15.3. The first-order valence-electron chi connectivity index (χ1n) is 7.35. The number of carbonyl (C=O) groups excluding carboxylic acids is 1. The molecule has 0 spiro atoms. The maximum Gasteiger partial charge on any atom is 0.336 e. The molecule has 0 bridgehead atoms. The fraction of sp³-hybridized carbons (Fsp3) is 0.500. The third kappa shape index (κ3) is 3.08. The van der Waals surface area contributed by atoms with Crippen molar-refractivity contribution in [1.29, 1.82) is 0 Å². The molecule has 1 aromatic rings. The second-order valence-electron chi connectivity index (χ2n) is 5.69. The number of carbonyl (C=O) groups is 2. The number of carboxylic acid groups (broad SMARTS) is 1. The molecule has 1 heterocycles. The van der Waals surface area contributed by atoms with Crippen molar-refractivity contribution in [3.63, 3.8) is 0 Å². The van der Waals surface area contributed by atoms with E-state index < -0.39 is 5.97 Å². The summed E-state index contributed by atoms with van der Waals surface area (Å²) in [5.41, 5.74) is 1.03. The second kappa shape index (κ2) is 6.26. The van der Waals surface area contributed by atoms with Crippen LogP contribution in [0.1, 0.15) is 42.1 Å². The maximum atomic E-state index is 12.7. The van der Waals surface area contributed by atoms with Crippen molar-refractivity contribution < 1.29 is 14.7 Å². The first-order chi connectivity index (χ1) is 10.00. The SMILES string of the molecule is CCCC1(C(=O)Nc2cccc(C(=O)O)c2C)CCNC1. The van der Waals surface area contributed by atoms with E-state index in [1.54, 1.807) is 25.1 Å². The monoisotopic (exact) mass is 290 g/mol. The van der Waals surface area contributed by atoms with E-state index in [0.717, 1.165) is 25.8 Å². The van der Waals surface area contributed by atoms with Gasteiger partial charge in [-0.3, -0.25) is 4.79 Å². The van der Waals surface area contributed by atoms with Gasteiger partial charge in [0.05, 0.1) is 11.0 Å². The van der Waals surface area contributed by atoms with Crippen LogP contribution < -0.4 is 10.6 Å². The predicted molar refractivity (Wildman–Crippen MR) is 81.6 cm³/mol. The molecule has 1 amide bonds. The Hall–Kier alpha value is -1.88. The van der Waals surface area contributed by atoms with Gasteiger partial charge >= 0.3 is 5.97 Å². The molecule has 1 aliphatic rings. The molecule has 5 heteroatoms. The van der Waals surface area contributed by atoms with Crippen LogP contribution in [0, 0.1) is 12.3 Å². The normalized spacial score (nSPS) is 21.2. The number of rotatable bonds is 5. The predicted octanol–water partition coefficient (Wildman–Crippen LogP) is 2.41. The van der Waals surface area contributed by atoms with Crippen molar-refractivity contribution in [1.82, 2.24) is 5.32 Å². The second-order valence-corrected chi connectivity index (χ2v) is 5.69. The topological polar surface area (TPSA) is 78.4 Å². The van der Waals surface area contributed by atoms with E-state index in [-0.39, 0.29) is 16.9 Å². The Bertz CT molecular complexity index is 548. The van der Waals surface area contributed by atoms with Gasteiger partial charge in [-0.1, -0.05) is 19.4 Å². The average molecular weight is 290 g/mol. The third-order valence-corrected chi connectivity index (χ3v) is 4.27. The molecule has 0 saturated carbocycles. The number of anilines is 1. The fourth-order valence-corrected chi connectivity index (χ4v) is 3.00. The minimum Gasteiger partial charge on any atom is -0.478 e. The first-order valence-corrected chi connectivity index (χ1v) is 7.35. The lowest BCUT2D eigenvalue weighted by molar-refractivity contribution is -0.125. The standard InChI is InChI=1S/C16H22N2O3/c1-3-7-16(8-9-17-10-16)15(21)18-13-6-4-5-12(11(13)2)14(19)20/h4-6,17H,3,7-10H2,1-2H3,(H,18,21)(H,19,20). The summed E-state index contributed by atoms with van der Waals surface area (Å²) >= 11 is 0. The molecule has 5 nitrogen and oxygen atoms in total. The molecule has 1 aromatic carbocycles. The van der Waals surface area contributed by atoms with Gasteiger partial charge in [0.2, 0.25) is 5.91 Å². The molecule has 1 atom stereocenters. The minimum atomic E-state index is -0.977. The molecule has 0 aromatic heterocycles. The molecule has 114 valence electrons. The van der Waals surface area contributed by atoms with Crippen LogP contribution in [0.25, 0.3) is 0 Å². The zero-order chi connectivity index (χ0) is 15.5. The van der Waals surface area contributed by atoms with Gasteiger partial charge in [0.15, 0.2) is 0 Å².